The van der Waals surface area contributed by atoms with E-state index < -0.39 is 7.12 Å². The van der Waals surface area contributed by atoms with Crippen LogP contribution in [-0.4, -0.2) is 11.6 Å². The van der Waals surface area contributed by atoms with Crippen molar-refractivity contribution in [1.29, 1.82) is 0 Å². The Morgan fingerprint density at radius 1 is 1.19 bits per heavy atom. The summed E-state index contributed by atoms with van der Waals surface area (Å²) in [6.45, 7) is 13.6. The van der Waals surface area contributed by atoms with Gasteiger partial charge >= 0.3 is 7.12 Å². The molecule has 142 valence electrons. The zero-order valence-electron chi connectivity index (χ0n) is 16.9. The van der Waals surface area contributed by atoms with Gasteiger partial charge in [0.05, 0.1) is 0 Å². The van der Waals surface area contributed by atoms with Gasteiger partial charge in [0.2, 0.25) is 0 Å². The lowest BCUT2D eigenvalue weighted by atomic mass is 9.85. The van der Waals surface area contributed by atoms with Crippen LogP contribution < -0.4 is 0 Å². The predicted molar refractivity (Wildman–Crippen MR) is 113 cm³/mol. The first-order valence-corrected chi connectivity index (χ1v) is 9.42. The zero-order valence-corrected chi connectivity index (χ0v) is 16.9. The SMILES string of the molecule is C=C(C)C=CC(=C(c1ccc(F)cc1)c1ccc(C)n1B(C)F)C(C)CC. The number of rotatable bonds is 7. The van der Waals surface area contributed by atoms with Crippen LogP contribution in [0.15, 0.2) is 66.3 Å². The van der Waals surface area contributed by atoms with Crippen LogP contribution in [0.1, 0.15) is 44.1 Å². The van der Waals surface area contributed by atoms with E-state index in [1.165, 1.54) is 19.0 Å². The van der Waals surface area contributed by atoms with Crippen molar-refractivity contribution in [3.63, 3.8) is 0 Å². The van der Waals surface area contributed by atoms with Gasteiger partial charge in [-0.25, -0.2) is 4.39 Å². The molecule has 4 heteroatoms. The van der Waals surface area contributed by atoms with Gasteiger partial charge in [0.1, 0.15) is 5.82 Å². The molecule has 0 saturated heterocycles. The first kappa shape index (κ1) is 21.0. The molecule has 1 heterocycles. The Morgan fingerprint density at radius 3 is 2.33 bits per heavy atom. The van der Waals surface area contributed by atoms with E-state index in [2.05, 4.69) is 26.5 Å². The third-order valence-electron chi connectivity index (χ3n) is 4.85. The van der Waals surface area contributed by atoms with Crippen LogP contribution in [0, 0.1) is 18.7 Å². The van der Waals surface area contributed by atoms with Gasteiger partial charge in [0.15, 0.2) is 0 Å². The molecule has 0 saturated carbocycles. The molecule has 0 amide bonds. The number of benzene rings is 1. The van der Waals surface area contributed by atoms with Gasteiger partial charge in [-0.05, 0) is 68.4 Å². The minimum Gasteiger partial charge on any atom is -0.360 e. The van der Waals surface area contributed by atoms with Crippen LogP contribution in [0.2, 0.25) is 6.82 Å². The number of aryl methyl sites for hydroxylation is 1. The van der Waals surface area contributed by atoms with Crippen molar-refractivity contribution in [2.75, 3.05) is 0 Å². The summed E-state index contributed by atoms with van der Waals surface area (Å²) in [5, 5.41) is 0. The molecule has 1 atom stereocenters. The molecule has 0 spiro atoms. The fraction of sp³-hybridized carbons (Fsp3) is 0.304. The monoisotopic (exact) mass is 367 g/mol. The van der Waals surface area contributed by atoms with E-state index in [1.807, 2.05) is 32.1 Å². The van der Waals surface area contributed by atoms with Crippen LogP contribution in [0.3, 0.4) is 0 Å². The molecule has 2 rings (SSSR count). The maximum Gasteiger partial charge on any atom is 0.462 e. The van der Waals surface area contributed by atoms with Crippen LogP contribution in [0.5, 0.6) is 0 Å². The van der Waals surface area contributed by atoms with Crippen molar-refractivity contribution in [1.82, 2.24) is 4.48 Å². The summed E-state index contributed by atoms with van der Waals surface area (Å²) in [5.41, 5.74) is 5.49. The van der Waals surface area contributed by atoms with Crippen molar-refractivity contribution in [3.8, 4) is 0 Å². The third-order valence-corrected chi connectivity index (χ3v) is 4.85. The minimum atomic E-state index is -1.16. The molecule has 2 aromatic rings. The van der Waals surface area contributed by atoms with Crippen LogP contribution in [0.25, 0.3) is 5.57 Å². The molecule has 1 aromatic heterocycles. The van der Waals surface area contributed by atoms with Gasteiger partial charge in [0.25, 0.3) is 0 Å². The normalized spacial score (nSPS) is 13.6. The molecule has 0 bridgehead atoms. The number of aromatic nitrogens is 1. The fourth-order valence-electron chi connectivity index (χ4n) is 3.25. The van der Waals surface area contributed by atoms with Crippen LogP contribution in [0.4, 0.5) is 8.71 Å². The highest BCUT2D eigenvalue weighted by Crippen LogP contribution is 2.34. The second-order valence-corrected chi connectivity index (χ2v) is 7.13. The second-order valence-electron chi connectivity index (χ2n) is 7.13. The largest absolute Gasteiger partial charge is 0.462 e. The topological polar surface area (TPSA) is 4.93 Å². The lowest BCUT2D eigenvalue weighted by Gasteiger charge is -2.21. The molecule has 1 unspecified atom stereocenters. The number of halogens is 2. The Labute approximate surface area is 162 Å². The summed E-state index contributed by atoms with van der Waals surface area (Å²) in [7, 11) is -1.16. The highest BCUT2D eigenvalue weighted by atomic mass is 19.1. The summed E-state index contributed by atoms with van der Waals surface area (Å²) in [4.78, 5) is 0. The summed E-state index contributed by atoms with van der Waals surface area (Å²) in [6.07, 6.45) is 4.97. The Bertz CT molecular complexity index is 857. The predicted octanol–water partition coefficient (Wildman–Crippen LogP) is 6.85. The van der Waals surface area contributed by atoms with Crippen molar-refractivity contribution >= 4 is 12.7 Å². The summed E-state index contributed by atoms with van der Waals surface area (Å²) in [6, 6.07) is 10.3. The molecule has 27 heavy (non-hydrogen) atoms. The van der Waals surface area contributed by atoms with E-state index >= 15 is 0 Å². The number of allylic oxidation sites excluding steroid dienone is 4. The first-order chi connectivity index (χ1) is 12.8. The van der Waals surface area contributed by atoms with E-state index in [9.17, 15) is 8.71 Å². The lowest BCUT2D eigenvalue weighted by molar-refractivity contribution is 0.627. The molecule has 0 aliphatic rings. The van der Waals surface area contributed by atoms with E-state index in [0.717, 1.165) is 40.1 Å². The van der Waals surface area contributed by atoms with Crippen molar-refractivity contribution in [3.05, 3.63) is 89.0 Å². The molecule has 1 nitrogen and oxygen atoms in total. The zero-order chi connectivity index (χ0) is 20.1. The van der Waals surface area contributed by atoms with E-state index in [-0.39, 0.29) is 11.7 Å². The maximum atomic E-state index is 14.4. The summed E-state index contributed by atoms with van der Waals surface area (Å²) < 4.78 is 29.7. The Balaban J connectivity index is 2.86. The highest BCUT2D eigenvalue weighted by molar-refractivity contribution is 6.48. The number of nitrogens with zero attached hydrogens (tertiary/aromatic N) is 1. The first-order valence-electron chi connectivity index (χ1n) is 9.42. The van der Waals surface area contributed by atoms with E-state index in [4.69, 9.17) is 0 Å². The highest BCUT2D eigenvalue weighted by Gasteiger charge is 2.22. The maximum absolute atomic E-state index is 14.4. The molecular weight excluding hydrogens is 339 g/mol. The van der Waals surface area contributed by atoms with Gasteiger partial charge in [-0.15, -0.1) is 0 Å². The Kier molecular flexibility index (Phi) is 7.01. The van der Waals surface area contributed by atoms with Gasteiger partial charge in [-0.3, -0.25) is 0 Å². The Hall–Kier alpha value is -2.36. The lowest BCUT2D eigenvalue weighted by Crippen LogP contribution is -2.19. The summed E-state index contributed by atoms with van der Waals surface area (Å²) in [5.74, 6) is -0.0367. The summed E-state index contributed by atoms with van der Waals surface area (Å²) >= 11 is 0. The quantitative estimate of drug-likeness (QED) is 0.372. The smallest absolute Gasteiger partial charge is 0.360 e. The molecule has 1 aromatic carbocycles. The van der Waals surface area contributed by atoms with E-state index in [0.29, 0.717) is 0 Å². The molecule has 0 aliphatic heterocycles. The average molecular weight is 367 g/mol. The molecule has 0 N–H and O–H groups in total. The molecule has 0 fully saturated rings. The number of hydrogen-bond acceptors (Lipinski definition) is 0. The third kappa shape index (κ3) is 4.88. The van der Waals surface area contributed by atoms with Gasteiger partial charge in [0, 0.05) is 17.0 Å². The Morgan fingerprint density at radius 2 is 1.81 bits per heavy atom. The van der Waals surface area contributed by atoms with Crippen LogP contribution >= 0.6 is 0 Å². The molecular formula is C23H28BF2N. The van der Waals surface area contributed by atoms with Crippen LogP contribution in [-0.2, 0) is 0 Å². The van der Waals surface area contributed by atoms with E-state index in [1.54, 1.807) is 16.6 Å². The average Bonchev–Trinajstić information content (AvgIpc) is 3.00. The molecule has 0 radical (unpaired) electrons. The van der Waals surface area contributed by atoms with Crippen molar-refractivity contribution < 1.29 is 8.71 Å². The van der Waals surface area contributed by atoms with Crippen molar-refractivity contribution in [2.24, 2.45) is 5.92 Å². The minimum absolute atomic E-state index is 0.249. The molecule has 0 aliphatic carbocycles. The second kappa shape index (κ2) is 9.03. The van der Waals surface area contributed by atoms with Gasteiger partial charge < -0.3 is 8.79 Å². The van der Waals surface area contributed by atoms with Gasteiger partial charge in [-0.1, -0.05) is 50.3 Å². The van der Waals surface area contributed by atoms with Crippen molar-refractivity contribution in [2.45, 2.75) is 40.9 Å². The standard InChI is InChI=1S/C23H28BF2N/c1-7-17(4)21(14-8-16(2)3)23(19-10-12-20(25)13-11-19)22-15-9-18(5)27(22)24(6)26/h8-15,17H,2,7H2,1,3-6H3. The fourth-order valence-corrected chi connectivity index (χ4v) is 3.25. The number of hydrogen-bond donors (Lipinski definition) is 0. The van der Waals surface area contributed by atoms with Gasteiger partial charge in [-0.2, -0.15) is 0 Å².